The van der Waals surface area contributed by atoms with Crippen LogP contribution in [0.25, 0.3) is 0 Å². The lowest BCUT2D eigenvalue weighted by atomic mass is 10.2. The van der Waals surface area contributed by atoms with Gasteiger partial charge in [-0.3, -0.25) is 0 Å². The summed E-state index contributed by atoms with van der Waals surface area (Å²) in [4.78, 5) is 4.31. The minimum Gasteiger partial charge on any atom is -0.494 e. The van der Waals surface area contributed by atoms with Crippen LogP contribution < -0.4 is 10.1 Å². The first-order valence-electron chi connectivity index (χ1n) is 7.18. The molecule has 1 heterocycles. The second-order valence-electron chi connectivity index (χ2n) is 4.88. The SMILES string of the molecule is CCCOc1cccc(CNCCc2nccn2C)c1. The van der Waals surface area contributed by atoms with Gasteiger partial charge in [0.1, 0.15) is 11.6 Å². The van der Waals surface area contributed by atoms with Crippen LogP contribution in [-0.4, -0.2) is 22.7 Å². The molecule has 0 saturated heterocycles. The molecule has 0 atom stereocenters. The Balaban J connectivity index is 1.75. The first kappa shape index (κ1) is 14.6. The number of aromatic nitrogens is 2. The van der Waals surface area contributed by atoms with Crippen molar-refractivity contribution in [2.75, 3.05) is 13.2 Å². The van der Waals surface area contributed by atoms with Crippen LogP contribution in [0.2, 0.25) is 0 Å². The van der Waals surface area contributed by atoms with Crippen LogP contribution in [0.15, 0.2) is 36.7 Å². The number of nitrogens with one attached hydrogen (secondary N) is 1. The molecule has 0 bridgehead atoms. The first-order chi connectivity index (χ1) is 9.79. The van der Waals surface area contributed by atoms with E-state index >= 15 is 0 Å². The van der Waals surface area contributed by atoms with Gasteiger partial charge < -0.3 is 14.6 Å². The Kier molecular flexibility index (Phi) is 5.62. The highest BCUT2D eigenvalue weighted by atomic mass is 16.5. The van der Waals surface area contributed by atoms with Gasteiger partial charge in [0.05, 0.1) is 6.61 Å². The molecule has 108 valence electrons. The topological polar surface area (TPSA) is 39.1 Å². The molecule has 0 aliphatic heterocycles. The van der Waals surface area contributed by atoms with Gasteiger partial charge in [0, 0.05) is 39.0 Å². The molecule has 0 amide bonds. The molecule has 0 unspecified atom stereocenters. The highest BCUT2D eigenvalue weighted by Crippen LogP contribution is 2.13. The van der Waals surface area contributed by atoms with Gasteiger partial charge >= 0.3 is 0 Å². The second-order valence-corrected chi connectivity index (χ2v) is 4.88. The van der Waals surface area contributed by atoms with Gasteiger partial charge in [0.2, 0.25) is 0 Å². The normalized spacial score (nSPS) is 10.7. The number of hydrogen-bond donors (Lipinski definition) is 1. The minimum absolute atomic E-state index is 0.774. The summed E-state index contributed by atoms with van der Waals surface area (Å²) in [6.07, 6.45) is 5.79. The fourth-order valence-corrected chi connectivity index (χ4v) is 2.04. The van der Waals surface area contributed by atoms with Crippen molar-refractivity contribution in [2.24, 2.45) is 7.05 Å². The molecule has 4 heteroatoms. The average Bonchev–Trinajstić information content (AvgIpc) is 2.87. The molecule has 0 spiro atoms. The van der Waals surface area contributed by atoms with Crippen LogP contribution in [0.4, 0.5) is 0 Å². The Labute approximate surface area is 120 Å². The van der Waals surface area contributed by atoms with Gasteiger partial charge in [-0.15, -0.1) is 0 Å². The van der Waals surface area contributed by atoms with Gasteiger partial charge in [0.25, 0.3) is 0 Å². The predicted octanol–water partition coefficient (Wildman–Crippen LogP) is 2.54. The number of benzene rings is 1. The fraction of sp³-hybridized carbons (Fsp3) is 0.438. The van der Waals surface area contributed by atoms with Crippen LogP contribution in [0.1, 0.15) is 24.7 Å². The second kappa shape index (κ2) is 7.70. The summed E-state index contributed by atoms with van der Waals surface area (Å²) in [6.45, 7) is 4.66. The zero-order chi connectivity index (χ0) is 14.2. The van der Waals surface area contributed by atoms with E-state index in [9.17, 15) is 0 Å². The fourth-order valence-electron chi connectivity index (χ4n) is 2.04. The maximum atomic E-state index is 5.64. The molecule has 2 aromatic rings. The van der Waals surface area contributed by atoms with E-state index in [4.69, 9.17) is 4.74 Å². The van der Waals surface area contributed by atoms with Gasteiger partial charge in [-0.2, -0.15) is 0 Å². The van der Waals surface area contributed by atoms with Crippen molar-refractivity contribution >= 4 is 0 Å². The molecule has 0 aliphatic rings. The van der Waals surface area contributed by atoms with Crippen LogP contribution in [0, 0.1) is 0 Å². The predicted molar refractivity (Wildman–Crippen MR) is 80.8 cm³/mol. The minimum atomic E-state index is 0.774. The van der Waals surface area contributed by atoms with E-state index in [1.54, 1.807) is 0 Å². The largest absolute Gasteiger partial charge is 0.494 e. The maximum Gasteiger partial charge on any atom is 0.119 e. The summed E-state index contributed by atoms with van der Waals surface area (Å²) in [7, 11) is 2.02. The van der Waals surface area contributed by atoms with Crippen molar-refractivity contribution in [1.82, 2.24) is 14.9 Å². The van der Waals surface area contributed by atoms with E-state index < -0.39 is 0 Å². The lowest BCUT2D eigenvalue weighted by molar-refractivity contribution is 0.317. The molecule has 0 aliphatic carbocycles. The summed E-state index contributed by atoms with van der Waals surface area (Å²) >= 11 is 0. The van der Waals surface area contributed by atoms with Crippen molar-refractivity contribution in [3.63, 3.8) is 0 Å². The highest BCUT2D eigenvalue weighted by Gasteiger charge is 2.00. The van der Waals surface area contributed by atoms with Gasteiger partial charge in [-0.05, 0) is 24.1 Å². The third kappa shape index (κ3) is 4.38. The monoisotopic (exact) mass is 273 g/mol. The highest BCUT2D eigenvalue weighted by molar-refractivity contribution is 5.28. The van der Waals surface area contributed by atoms with Crippen LogP contribution in [0.3, 0.4) is 0 Å². The lowest BCUT2D eigenvalue weighted by Gasteiger charge is -2.08. The standard InChI is InChI=1S/C16H23N3O/c1-3-11-20-15-6-4-5-14(12-15)13-17-8-7-16-18-9-10-19(16)2/h4-6,9-10,12,17H,3,7-8,11,13H2,1-2H3. The molecular weight excluding hydrogens is 250 g/mol. The molecule has 4 nitrogen and oxygen atoms in total. The summed E-state index contributed by atoms with van der Waals surface area (Å²) in [5, 5.41) is 3.44. The smallest absolute Gasteiger partial charge is 0.119 e. The number of hydrogen-bond acceptors (Lipinski definition) is 3. The van der Waals surface area contributed by atoms with E-state index in [0.717, 1.165) is 44.1 Å². The zero-order valence-electron chi connectivity index (χ0n) is 12.3. The quantitative estimate of drug-likeness (QED) is 0.751. The Hall–Kier alpha value is -1.81. The van der Waals surface area contributed by atoms with Crippen LogP contribution in [0.5, 0.6) is 5.75 Å². The number of imidazole rings is 1. The molecular formula is C16H23N3O. The van der Waals surface area contributed by atoms with Crippen molar-refractivity contribution in [1.29, 1.82) is 0 Å². The van der Waals surface area contributed by atoms with Crippen LogP contribution in [-0.2, 0) is 20.0 Å². The van der Waals surface area contributed by atoms with Crippen LogP contribution >= 0.6 is 0 Å². The van der Waals surface area contributed by atoms with Crippen molar-refractivity contribution in [3.05, 3.63) is 48.0 Å². The third-order valence-corrected chi connectivity index (χ3v) is 3.15. The van der Waals surface area contributed by atoms with Crippen molar-refractivity contribution in [3.8, 4) is 5.75 Å². The van der Waals surface area contributed by atoms with Gasteiger partial charge in [0.15, 0.2) is 0 Å². The maximum absolute atomic E-state index is 5.64. The summed E-state index contributed by atoms with van der Waals surface area (Å²) in [5.74, 6) is 2.06. The molecule has 20 heavy (non-hydrogen) atoms. The molecule has 0 saturated carbocycles. The van der Waals surface area contributed by atoms with Gasteiger partial charge in [-0.1, -0.05) is 19.1 Å². The number of ether oxygens (including phenoxy) is 1. The Morgan fingerprint density at radius 2 is 2.25 bits per heavy atom. The molecule has 2 rings (SSSR count). The zero-order valence-corrected chi connectivity index (χ0v) is 12.3. The number of nitrogens with zero attached hydrogens (tertiary/aromatic N) is 2. The van der Waals surface area contributed by atoms with E-state index in [-0.39, 0.29) is 0 Å². The summed E-state index contributed by atoms with van der Waals surface area (Å²) in [6, 6.07) is 8.27. The molecule has 1 aromatic heterocycles. The van der Waals surface area contributed by atoms with Crippen molar-refractivity contribution in [2.45, 2.75) is 26.3 Å². The Morgan fingerprint density at radius 3 is 3.00 bits per heavy atom. The Bertz CT molecular complexity index is 522. The van der Waals surface area contributed by atoms with E-state index in [1.807, 2.05) is 31.6 Å². The number of aryl methyl sites for hydroxylation is 1. The summed E-state index contributed by atoms with van der Waals surface area (Å²) < 4.78 is 7.69. The Morgan fingerprint density at radius 1 is 1.35 bits per heavy atom. The molecule has 0 radical (unpaired) electrons. The summed E-state index contributed by atoms with van der Waals surface area (Å²) in [5.41, 5.74) is 1.25. The molecule has 0 fully saturated rings. The number of rotatable bonds is 8. The van der Waals surface area contributed by atoms with Crippen molar-refractivity contribution < 1.29 is 4.74 Å². The van der Waals surface area contributed by atoms with E-state index in [2.05, 4.69) is 33.9 Å². The average molecular weight is 273 g/mol. The molecule has 1 aromatic carbocycles. The third-order valence-electron chi connectivity index (χ3n) is 3.15. The van der Waals surface area contributed by atoms with E-state index in [1.165, 1.54) is 5.56 Å². The molecule has 1 N–H and O–H groups in total. The first-order valence-corrected chi connectivity index (χ1v) is 7.18. The lowest BCUT2D eigenvalue weighted by Crippen LogP contribution is -2.18. The van der Waals surface area contributed by atoms with Gasteiger partial charge in [-0.25, -0.2) is 4.98 Å². The van der Waals surface area contributed by atoms with E-state index in [0.29, 0.717) is 0 Å².